The highest BCUT2D eigenvalue weighted by Gasteiger charge is 2.02. The Balaban J connectivity index is 0. The second-order valence-corrected chi connectivity index (χ2v) is 16.7. The molecule has 362 valence electrons. The van der Waals surface area contributed by atoms with Crippen molar-refractivity contribution in [2.45, 2.75) is 130 Å². The van der Waals surface area contributed by atoms with Gasteiger partial charge in [-0.3, -0.25) is 4.79 Å². The van der Waals surface area contributed by atoms with Crippen molar-refractivity contribution in [1.29, 1.82) is 0 Å². The van der Waals surface area contributed by atoms with Gasteiger partial charge in [0.25, 0.3) is 0 Å². The van der Waals surface area contributed by atoms with Crippen molar-refractivity contribution in [1.82, 2.24) is 0 Å². The maximum absolute atomic E-state index is 12.3. The van der Waals surface area contributed by atoms with E-state index in [1.165, 1.54) is 42.2 Å². The van der Waals surface area contributed by atoms with E-state index in [4.69, 9.17) is 50.0 Å². The lowest BCUT2D eigenvalue weighted by Crippen LogP contribution is -2.25. The molecule has 0 aliphatic heterocycles. The van der Waals surface area contributed by atoms with Crippen molar-refractivity contribution in [2.75, 3.05) is 13.7 Å². The number of aryl methyl sites for hydroxylation is 1. The number of aliphatic carboxylic acids is 1. The number of nitrogens with two attached hydrogens (primary N) is 7. The molecule has 11 heteroatoms. The van der Waals surface area contributed by atoms with E-state index >= 15 is 0 Å². The highest BCUT2D eigenvalue weighted by Crippen LogP contribution is 2.15. The van der Waals surface area contributed by atoms with E-state index in [0.29, 0.717) is 18.0 Å². The highest BCUT2D eigenvalue weighted by molar-refractivity contribution is 5.72. The first-order valence-electron chi connectivity index (χ1n) is 22.6. The minimum Gasteiger partial charge on any atom is -0.497 e. The normalized spacial score (nSPS) is 13.2. The van der Waals surface area contributed by atoms with Crippen LogP contribution in [0.4, 0.5) is 4.39 Å². The molecule has 0 amide bonds. The summed E-state index contributed by atoms with van der Waals surface area (Å²) in [5, 5.41) is 7.87. The van der Waals surface area contributed by atoms with E-state index in [0.717, 1.165) is 48.6 Å². The molecule has 15 N–H and O–H groups in total. The number of carbonyl (C=O) groups is 1. The molecule has 5 rings (SSSR count). The molecule has 0 heterocycles. The molecule has 0 saturated heterocycles. The third kappa shape index (κ3) is 36.0. The van der Waals surface area contributed by atoms with Crippen molar-refractivity contribution in [3.8, 4) is 5.75 Å². The van der Waals surface area contributed by atoms with Crippen LogP contribution in [0, 0.1) is 11.7 Å². The molecule has 5 aromatic rings. The van der Waals surface area contributed by atoms with Crippen molar-refractivity contribution in [3.63, 3.8) is 0 Å². The monoisotopic (exact) mass is 900 g/mol. The van der Waals surface area contributed by atoms with Gasteiger partial charge in [0.1, 0.15) is 17.6 Å². The minimum atomic E-state index is -0.963. The summed E-state index contributed by atoms with van der Waals surface area (Å²) in [7, 11) is 1.65. The van der Waals surface area contributed by atoms with Gasteiger partial charge in [-0.05, 0) is 138 Å². The van der Waals surface area contributed by atoms with Gasteiger partial charge in [0, 0.05) is 30.2 Å². The van der Waals surface area contributed by atoms with Crippen LogP contribution in [-0.4, -0.2) is 42.9 Å². The first-order chi connectivity index (χ1) is 30.6. The molecule has 65 heavy (non-hydrogen) atoms. The predicted molar refractivity (Wildman–Crippen MR) is 275 cm³/mol. The van der Waals surface area contributed by atoms with E-state index in [1.54, 1.807) is 19.2 Å². The average Bonchev–Trinajstić information content (AvgIpc) is 3.29. The van der Waals surface area contributed by atoms with E-state index in [-0.39, 0.29) is 23.9 Å². The second-order valence-electron chi connectivity index (χ2n) is 16.7. The van der Waals surface area contributed by atoms with E-state index in [2.05, 4.69) is 64.1 Å². The van der Waals surface area contributed by atoms with E-state index < -0.39 is 12.0 Å². The molecule has 0 aliphatic carbocycles. The SMILES string of the molecule is CC(C)CC[C@@H](C)N.COc1ccc([C@@H](C)N)cc1.C[C@@H](CN)c1ccccc1.C[C@@H](N)C(=O)O.C[C@@H](N)CCc1ccccc1.C[C@@H](N)c1ccc(F)cc1.C[C@@H](N)c1ccccc1. The Labute approximate surface area is 392 Å². The smallest absolute Gasteiger partial charge is 0.320 e. The third-order valence-corrected chi connectivity index (χ3v) is 9.40. The molecule has 5 aromatic carbocycles. The van der Waals surface area contributed by atoms with Crippen molar-refractivity contribution >= 4 is 5.97 Å². The highest BCUT2D eigenvalue weighted by atomic mass is 19.1. The quantitative estimate of drug-likeness (QED) is 0.0557. The largest absolute Gasteiger partial charge is 0.497 e. The lowest BCUT2D eigenvalue weighted by atomic mass is 10.0. The van der Waals surface area contributed by atoms with Crippen LogP contribution in [0.2, 0.25) is 0 Å². The number of ether oxygens (including phenoxy) is 1. The topological polar surface area (TPSA) is 229 Å². The first kappa shape index (κ1) is 62.1. The molecule has 0 unspecified atom stereocenters. The van der Waals surface area contributed by atoms with Crippen LogP contribution in [0.15, 0.2) is 140 Å². The summed E-state index contributed by atoms with van der Waals surface area (Å²) >= 11 is 0. The van der Waals surface area contributed by atoms with Gasteiger partial charge in [0.15, 0.2) is 0 Å². The van der Waals surface area contributed by atoms with Gasteiger partial charge >= 0.3 is 5.97 Å². The Morgan fingerprint density at radius 2 is 0.877 bits per heavy atom. The summed E-state index contributed by atoms with van der Waals surface area (Å²) in [6, 6.07) is 45.0. The molecule has 0 spiro atoms. The summed E-state index contributed by atoms with van der Waals surface area (Å²) in [5.74, 6) is 0.982. The molecule has 10 nitrogen and oxygen atoms in total. The third-order valence-electron chi connectivity index (χ3n) is 9.40. The summed E-state index contributed by atoms with van der Waals surface area (Å²) < 4.78 is 17.3. The van der Waals surface area contributed by atoms with E-state index in [9.17, 15) is 9.18 Å². The second kappa shape index (κ2) is 38.3. The average molecular weight is 900 g/mol. The van der Waals surface area contributed by atoms with Gasteiger partial charge in [-0.15, -0.1) is 0 Å². The summed E-state index contributed by atoms with van der Waals surface area (Å²) in [6.45, 7) is 18.6. The van der Waals surface area contributed by atoms with Gasteiger partial charge < -0.3 is 50.0 Å². The molecule has 7 atom stereocenters. The lowest BCUT2D eigenvalue weighted by Gasteiger charge is -2.06. The fraction of sp³-hybridized carbons (Fsp3) is 0.426. The van der Waals surface area contributed by atoms with Crippen LogP contribution in [0.25, 0.3) is 0 Å². The van der Waals surface area contributed by atoms with Gasteiger partial charge in [-0.1, -0.05) is 136 Å². The number of carboxylic acid groups (broad SMARTS) is 1. The fourth-order valence-electron chi connectivity index (χ4n) is 4.98. The molecule has 0 bridgehead atoms. The first-order valence-corrected chi connectivity index (χ1v) is 22.6. The minimum absolute atomic E-state index is 0.0133. The molecule has 0 fully saturated rings. The van der Waals surface area contributed by atoms with Crippen LogP contribution in [0.3, 0.4) is 0 Å². The van der Waals surface area contributed by atoms with Crippen molar-refractivity contribution in [2.24, 2.45) is 46.1 Å². The molecule has 0 radical (unpaired) electrons. The summed E-state index contributed by atoms with van der Waals surface area (Å²) in [4.78, 5) is 9.57. The molecule has 0 aromatic heterocycles. The van der Waals surface area contributed by atoms with Crippen LogP contribution in [0.1, 0.15) is 133 Å². The van der Waals surface area contributed by atoms with Crippen molar-refractivity contribution < 1.29 is 19.0 Å². The fourth-order valence-corrected chi connectivity index (χ4v) is 4.98. The van der Waals surface area contributed by atoms with Crippen LogP contribution < -0.4 is 44.9 Å². The number of methoxy groups -OCH3 is 1. The Hall–Kier alpha value is -4.98. The zero-order valence-electron chi connectivity index (χ0n) is 41.1. The van der Waals surface area contributed by atoms with Gasteiger partial charge in [0.05, 0.1) is 7.11 Å². The number of benzene rings is 5. The lowest BCUT2D eigenvalue weighted by molar-refractivity contribution is -0.138. The van der Waals surface area contributed by atoms with Gasteiger partial charge in [-0.25, -0.2) is 4.39 Å². The predicted octanol–water partition coefficient (Wildman–Crippen LogP) is 10.2. The Morgan fingerprint density at radius 1 is 0.523 bits per heavy atom. The molecular weight excluding hydrogens is 814 g/mol. The standard InChI is InChI=1S/C10H15N.C9H13NO.C9H13N.C8H10FN.C8H11N.C7H17N.C3H7NO2/c1-9(11)7-8-10-5-3-2-4-6-10;1-7(10)8-3-5-9(11-2)6-4-8;1-8(7-10)9-5-3-2-4-6-9;1-6(10)7-2-4-8(9)5-3-7;1-7(9)8-5-3-2-4-6-8;1-6(2)4-5-7(3)8;1-2(4)3(5)6/h2-6,9H,7-8,11H2,1H3;3-7H,10H2,1-2H3;2-6,8H,7,10H2,1H3;2-6H,10H2,1H3;2-7H,9H2,1H3;6-7H,4-5,8H2,1-3H3;2H,4H2,1H3,(H,5,6)/t9-;7-;8-;6-;2*7-;2-/m1101111/s1. The number of hydrogen-bond donors (Lipinski definition) is 8. The Morgan fingerprint density at radius 3 is 1.17 bits per heavy atom. The van der Waals surface area contributed by atoms with Crippen LogP contribution in [0.5, 0.6) is 5.75 Å². The van der Waals surface area contributed by atoms with E-state index in [1.807, 2.05) is 107 Å². The van der Waals surface area contributed by atoms with Gasteiger partial charge in [0.2, 0.25) is 0 Å². The maximum Gasteiger partial charge on any atom is 0.320 e. The van der Waals surface area contributed by atoms with Crippen LogP contribution in [-0.2, 0) is 11.2 Å². The molecule has 0 aliphatic rings. The summed E-state index contributed by atoms with van der Waals surface area (Å²) in [5.41, 5.74) is 44.3. The number of carboxylic acids is 1. The Bertz CT molecular complexity index is 1800. The Kier molecular flexibility index (Phi) is 36.6. The number of hydrogen-bond acceptors (Lipinski definition) is 9. The molecular formula is C54H86FN7O3. The van der Waals surface area contributed by atoms with Crippen LogP contribution >= 0.6 is 0 Å². The number of rotatable bonds is 13. The zero-order valence-corrected chi connectivity index (χ0v) is 41.1. The zero-order chi connectivity index (χ0) is 49.7. The van der Waals surface area contributed by atoms with Crippen molar-refractivity contribution in [3.05, 3.63) is 173 Å². The maximum atomic E-state index is 12.3. The van der Waals surface area contributed by atoms with Gasteiger partial charge in [-0.2, -0.15) is 0 Å². The molecule has 0 saturated carbocycles. The number of halogens is 1. The summed E-state index contributed by atoms with van der Waals surface area (Å²) in [6.07, 6.45) is 4.60.